The average Bonchev–Trinajstić information content (AvgIpc) is 2.48. The van der Waals surface area contributed by atoms with Crippen LogP contribution in [0.15, 0.2) is 0 Å². The van der Waals surface area contributed by atoms with Crippen LogP contribution < -0.4 is 0 Å². The molecule has 2 saturated heterocycles. The molecule has 0 bridgehead atoms. The number of carboxylic acids is 1. The van der Waals surface area contributed by atoms with Gasteiger partial charge in [0.05, 0.1) is 24.2 Å². The van der Waals surface area contributed by atoms with Crippen LogP contribution in [0.5, 0.6) is 0 Å². The number of carboxylic acid groups (broad SMARTS) is 1. The number of aliphatic carboxylic acids is 1. The summed E-state index contributed by atoms with van der Waals surface area (Å²) in [7, 11) is 0. The Balaban J connectivity index is 2.10. The molecule has 0 spiro atoms. The highest BCUT2D eigenvalue weighted by Crippen LogP contribution is 2.34. The van der Waals surface area contributed by atoms with Gasteiger partial charge in [0.2, 0.25) is 0 Å². The molecule has 0 aromatic heterocycles. The summed E-state index contributed by atoms with van der Waals surface area (Å²) < 4.78 is 5.55. The molecule has 3 unspecified atom stereocenters. The minimum atomic E-state index is -0.786. The van der Waals surface area contributed by atoms with Crippen molar-refractivity contribution in [1.29, 1.82) is 0 Å². The van der Waals surface area contributed by atoms with Gasteiger partial charge in [0.15, 0.2) is 0 Å². The monoisotopic (exact) mass is 298 g/mol. The summed E-state index contributed by atoms with van der Waals surface area (Å²) in [5, 5.41) is 9.52. The van der Waals surface area contributed by atoms with E-state index in [1.807, 2.05) is 25.7 Å². The number of carbonyl (C=O) groups excluding carboxylic acids is 1. The number of urea groups is 1. The van der Waals surface area contributed by atoms with Gasteiger partial charge in [-0.1, -0.05) is 6.92 Å². The normalized spacial score (nSPS) is 33.9. The highest BCUT2D eigenvalue weighted by molar-refractivity contribution is 5.79. The van der Waals surface area contributed by atoms with E-state index in [-0.39, 0.29) is 18.2 Å². The van der Waals surface area contributed by atoms with Crippen LogP contribution in [0.2, 0.25) is 0 Å². The molecule has 6 heteroatoms. The van der Waals surface area contributed by atoms with Crippen LogP contribution in [0.1, 0.15) is 40.0 Å². The van der Waals surface area contributed by atoms with Crippen molar-refractivity contribution in [2.45, 2.75) is 52.2 Å². The third-order valence-electron chi connectivity index (χ3n) is 4.83. The van der Waals surface area contributed by atoms with Gasteiger partial charge in [0.25, 0.3) is 0 Å². The minimum Gasteiger partial charge on any atom is -0.481 e. The number of rotatable bonds is 2. The molecule has 2 fully saturated rings. The number of piperidine rings is 1. The van der Waals surface area contributed by atoms with Crippen molar-refractivity contribution in [3.8, 4) is 0 Å². The Morgan fingerprint density at radius 3 is 2.71 bits per heavy atom. The van der Waals surface area contributed by atoms with E-state index in [0.717, 1.165) is 6.42 Å². The molecule has 2 aliphatic rings. The summed E-state index contributed by atoms with van der Waals surface area (Å²) in [6.45, 7) is 7.89. The number of nitrogens with zero attached hydrogens (tertiary/aromatic N) is 2. The highest BCUT2D eigenvalue weighted by Gasteiger charge is 2.43. The molecule has 21 heavy (non-hydrogen) atoms. The van der Waals surface area contributed by atoms with Crippen molar-refractivity contribution >= 4 is 12.0 Å². The standard InChI is InChI=1S/C15H26N2O4/c1-4-15(13(18)19)6-5-7-16(10-15)14(20)17-8-12(3)21-9-11(17)2/h11-12H,4-10H2,1-3H3,(H,18,19). The van der Waals surface area contributed by atoms with Crippen LogP contribution in [-0.4, -0.2) is 65.3 Å². The van der Waals surface area contributed by atoms with Gasteiger partial charge in [-0.05, 0) is 33.1 Å². The first-order valence-electron chi connectivity index (χ1n) is 7.80. The number of likely N-dealkylation sites (tertiary alicyclic amines) is 1. The Morgan fingerprint density at radius 1 is 1.38 bits per heavy atom. The second kappa shape index (κ2) is 6.22. The Bertz CT molecular complexity index is 414. The maximum atomic E-state index is 12.7. The van der Waals surface area contributed by atoms with Crippen LogP contribution in [0.25, 0.3) is 0 Å². The number of amides is 2. The topological polar surface area (TPSA) is 70.1 Å². The molecule has 2 rings (SSSR count). The van der Waals surface area contributed by atoms with Crippen LogP contribution in [0.4, 0.5) is 4.79 Å². The van der Waals surface area contributed by atoms with Crippen molar-refractivity contribution in [2.75, 3.05) is 26.2 Å². The van der Waals surface area contributed by atoms with E-state index in [0.29, 0.717) is 39.1 Å². The lowest BCUT2D eigenvalue weighted by Crippen LogP contribution is -2.58. The maximum Gasteiger partial charge on any atom is 0.320 e. The van der Waals surface area contributed by atoms with Crippen LogP contribution in [-0.2, 0) is 9.53 Å². The van der Waals surface area contributed by atoms with Gasteiger partial charge >= 0.3 is 12.0 Å². The van der Waals surface area contributed by atoms with Crippen LogP contribution in [0, 0.1) is 5.41 Å². The van der Waals surface area contributed by atoms with E-state index in [1.165, 1.54) is 0 Å². The fourth-order valence-corrected chi connectivity index (χ4v) is 3.26. The zero-order valence-corrected chi connectivity index (χ0v) is 13.2. The Hall–Kier alpha value is -1.30. The molecule has 2 aliphatic heterocycles. The van der Waals surface area contributed by atoms with Gasteiger partial charge in [0.1, 0.15) is 0 Å². The molecule has 120 valence electrons. The third kappa shape index (κ3) is 3.15. The van der Waals surface area contributed by atoms with Crippen LogP contribution in [0.3, 0.4) is 0 Å². The smallest absolute Gasteiger partial charge is 0.320 e. The Labute approximate surface area is 126 Å². The first-order chi connectivity index (χ1) is 9.89. The lowest BCUT2D eigenvalue weighted by molar-refractivity contribution is -0.152. The number of hydrogen-bond acceptors (Lipinski definition) is 3. The first kappa shape index (κ1) is 16.1. The van der Waals surface area contributed by atoms with Crippen molar-refractivity contribution < 1.29 is 19.4 Å². The van der Waals surface area contributed by atoms with Crippen molar-refractivity contribution in [2.24, 2.45) is 5.41 Å². The summed E-state index contributed by atoms with van der Waals surface area (Å²) in [5.74, 6) is -0.786. The van der Waals surface area contributed by atoms with Gasteiger partial charge < -0.3 is 19.6 Å². The molecule has 0 radical (unpaired) electrons. The average molecular weight is 298 g/mol. The molecule has 1 N–H and O–H groups in total. The van der Waals surface area contributed by atoms with E-state index in [2.05, 4.69) is 0 Å². The molecule has 2 amide bonds. The summed E-state index contributed by atoms with van der Waals surface area (Å²) in [6, 6.07) is -0.00657. The van der Waals surface area contributed by atoms with Gasteiger partial charge in [0, 0.05) is 19.6 Å². The molecule has 0 aromatic carbocycles. The van der Waals surface area contributed by atoms with E-state index >= 15 is 0 Å². The molecule has 2 heterocycles. The SMILES string of the molecule is CCC1(C(=O)O)CCCN(C(=O)N2CC(C)OCC2C)C1. The molecular formula is C15H26N2O4. The quantitative estimate of drug-likeness (QED) is 0.844. The molecule has 3 atom stereocenters. The van der Waals surface area contributed by atoms with E-state index < -0.39 is 11.4 Å². The lowest BCUT2D eigenvalue weighted by Gasteiger charge is -2.44. The fraction of sp³-hybridized carbons (Fsp3) is 0.867. The van der Waals surface area contributed by atoms with Gasteiger partial charge in [-0.2, -0.15) is 0 Å². The van der Waals surface area contributed by atoms with Gasteiger partial charge in [-0.25, -0.2) is 4.79 Å². The number of ether oxygens (including phenoxy) is 1. The largest absolute Gasteiger partial charge is 0.481 e. The second-order valence-corrected chi connectivity index (χ2v) is 6.39. The minimum absolute atomic E-state index is 0.0327. The number of hydrogen-bond donors (Lipinski definition) is 1. The zero-order chi connectivity index (χ0) is 15.6. The number of morpholine rings is 1. The predicted molar refractivity (Wildman–Crippen MR) is 78.1 cm³/mol. The van der Waals surface area contributed by atoms with E-state index in [9.17, 15) is 14.7 Å². The van der Waals surface area contributed by atoms with Crippen molar-refractivity contribution in [3.63, 3.8) is 0 Å². The summed E-state index contributed by atoms with van der Waals surface area (Å²) in [4.78, 5) is 27.9. The third-order valence-corrected chi connectivity index (χ3v) is 4.83. The lowest BCUT2D eigenvalue weighted by atomic mass is 9.78. The first-order valence-corrected chi connectivity index (χ1v) is 7.80. The van der Waals surface area contributed by atoms with Crippen LogP contribution >= 0.6 is 0 Å². The highest BCUT2D eigenvalue weighted by atomic mass is 16.5. The Morgan fingerprint density at radius 2 is 2.10 bits per heavy atom. The van der Waals surface area contributed by atoms with Gasteiger partial charge in [-0.15, -0.1) is 0 Å². The molecule has 0 saturated carbocycles. The maximum absolute atomic E-state index is 12.7. The molecule has 0 aliphatic carbocycles. The summed E-state index contributed by atoms with van der Waals surface area (Å²) in [6.07, 6.45) is 1.99. The predicted octanol–water partition coefficient (Wildman–Crippen LogP) is 1.79. The molecule has 0 aromatic rings. The summed E-state index contributed by atoms with van der Waals surface area (Å²) in [5.41, 5.74) is -0.783. The zero-order valence-electron chi connectivity index (χ0n) is 13.2. The fourth-order valence-electron chi connectivity index (χ4n) is 3.26. The van der Waals surface area contributed by atoms with E-state index in [4.69, 9.17) is 4.74 Å². The molecular weight excluding hydrogens is 272 g/mol. The number of carbonyl (C=O) groups is 2. The van der Waals surface area contributed by atoms with Crippen molar-refractivity contribution in [3.05, 3.63) is 0 Å². The van der Waals surface area contributed by atoms with E-state index in [1.54, 1.807) is 4.90 Å². The molecule has 6 nitrogen and oxygen atoms in total. The Kier molecular flexibility index (Phi) is 4.76. The second-order valence-electron chi connectivity index (χ2n) is 6.39. The van der Waals surface area contributed by atoms with Gasteiger partial charge in [-0.3, -0.25) is 4.79 Å². The summed E-state index contributed by atoms with van der Waals surface area (Å²) >= 11 is 0. The van der Waals surface area contributed by atoms with Crippen molar-refractivity contribution in [1.82, 2.24) is 9.80 Å².